The summed E-state index contributed by atoms with van der Waals surface area (Å²) >= 11 is 0. The third-order valence-electron chi connectivity index (χ3n) is 5.29. The molecule has 1 atom stereocenters. The fourth-order valence-corrected chi connectivity index (χ4v) is 3.65. The van der Waals surface area contributed by atoms with E-state index in [1.54, 1.807) is 12.1 Å². The van der Waals surface area contributed by atoms with Crippen LogP contribution in [-0.4, -0.2) is 16.1 Å². The fourth-order valence-electron chi connectivity index (χ4n) is 3.65. The highest BCUT2D eigenvalue weighted by Crippen LogP contribution is 2.33. The Labute approximate surface area is 173 Å². The molecule has 0 aliphatic carbocycles. The van der Waals surface area contributed by atoms with Gasteiger partial charge in [0.25, 0.3) is 0 Å². The summed E-state index contributed by atoms with van der Waals surface area (Å²) < 4.78 is 19.9. The fraction of sp³-hybridized carbons (Fsp3) is 0.160. The first-order valence-corrected chi connectivity index (χ1v) is 9.81. The molecule has 0 bridgehead atoms. The first kappa shape index (κ1) is 19.7. The summed E-state index contributed by atoms with van der Waals surface area (Å²) in [6.07, 6.45) is 2.06. The first-order chi connectivity index (χ1) is 14.5. The number of carboxylic acids is 1. The third kappa shape index (κ3) is 4.20. The maximum atomic E-state index is 13.5. The highest BCUT2D eigenvalue weighted by atomic mass is 19.1. The number of benzene rings is 3. The van der Waals surface area contributed by atoms with Crippen molar-refractivity contribution in [3.63, 3.8) is 0 Å². The van der Waals surface area contributed by atoms with E-state index in [2.05, 4.69) is 4.98 Å². The number of rotatable bonds is 7. The zero-order valence-corrected chi connectivity index (χ0v) is 16.6. The molecule has 0 aliphatic heterocycles. The summed E-state index contributed by atoms with van der Waals surface area (Å²) in [6.45, 7) is 2.04. The van der Waals surface area contributed by atoms with Gasteiger partial charge in [-0.25, -0.2) is 4.39 Å². The number of aliphatic carboxylic acids is 1. The second-order valence-corrected chi connectivity index (χ2v) is 7.31. The second-order valence-electron chi connectivity index (χ2n) is 7.31. The maximum absolute atomic E-state index is 13.5. The van der Waals surface area contributed by atoms with Crippen LogP contribution in [0, 0.1) is 12.7 Å². The van der Waals surface area contributed by atoms with E-state index < -0.39 is 12.1 Å². The molecule has 4 aromatic rings. The molecule has 0 amide bonds. The predicted molar refractivity (Wildman–Crippen MR) is 114 cm³/mol. The van der Waals surface area contributed by atoms with Crippen LogP contribution in [-0.2, 0) is 11.2 Å². The van der Waals surface area contributed by atoms with Crippen LogP contribution in [0.3, 0.4) is 0 Å². The number of aromatic amines is 1. The standard InChI is InChI=1S/C25H22FNO3/c1-16-22(12-7-18-14-15-27-24(16)18)25(19-5-8-20(26)9-6-19)30-21-10-2-17(3-11-21)4-13-23(28)29/h2-3,5-12,14-15,25,27H,4,13H2,1H3,(H,28,29). The number of aryl methyl sites for hydroxylation is 2. The summed E-state index contributed by atoms with van der Waals surface area (Å²) in [7, 11) is 0. The van der Waals surface area contributed by atoms with Crippen LogP contribution in [0.5, 0.6) is 5.75 Å². The van der Waals surface area contributed by atoms with Crippen molar-refractivity contribution in [2.45, 2.75) is 25.9 Å². The number of H-pyrrole nitrogens is 1. The highest BCUT2D eigenvalue weighted by molar-refractivity contribution is 5.83. The van der Waals surface area contributed by atoms with Crippen LogP contribution in [0.4, 0.5) is 4.39 Å². The first-order valence-electron chi connectivity index (χ1n) is 9.81. The lowest BCUT2D eigenvalue weighted by Crippen LogP contribution is -2.11. The average Bonchev–Trinajstić information content (AvgIpc) is 3.23. The van der Waals surface area contributed by atoms with Crippen LogP contribution >= 0.6 is 0 Å². The molecule has 0 saturated carbocycles. The molecule has 0 radical (unpaired) electrons. The van der Waals surface area contributed by atoms with Crippen molar-refractivity contribution in [1.82, 2.24) is 4.98 Å². The molecular formula is C25H22FNO3. The van der Waals surface area contributed by atoms with E-state index in [4.69, 9.17) is 9.84 Å². The molecule has 152 valence electrons. The number of hydrogen-bond donors (Lipinski definition) is 2. The minimum atomic E-state index is -0.818. The number of ether oxygens (including phenoxy) is 1. The molecule has 1 heterocycles. The van der Waals surface area contributed by atoms with Crippen LogP contribution in [0.1, 0.15) is 34.8 Å². The molecule has 5 heteroatoms. The van der Waals surface area contributed by atoms with Crippen molar-refractivity contribution in [2.75, 3.05) is 0 Å². The Morgan fingerprint density at radius 1 is 1.03 bits per heavy atom. The highest BCUT2D eigenvalue weighted by Gasteiger charge is 2.20. The number of aromatic nitrogens is 1. The van der Waals surface area contributed by atoms with Gasteiger partial charge in [-0.1, -0.05) is 36.4 Å². The summed E-state index contributed by atoms with van der Waals surface area (Å²) in [4.78, 5) is 14.0. The molecule has 2 N–H and O–H groups in total. The lowest BCUT2D eigenvalue weighted by Gasteiger charge is -2.22. The van der Waals surface area contributed by atoms with E-state index in [1.165, 1.54) is 12.1 Å². The number of nitrogens with one attached hydrogen (secondary N) is 1. The second kappa shape index (κ2) is 8.41. The van der Waals surface area contributed by atoms with Gasteiger partial charge >= 0.3 is 5.97 Å². The Balaban J connectivity index is 1.68. The number of carboxylic acid groups (broad SMARTS) is 1. The molecule has 3 aromatic carbocycles. The van der Waals surface area contributed by atoms with Gasteiger partial charge in [0, 0.05) is 23.7 Å². The SMILES string of the molecule is Cc1c(C(Oc2ccc(CCC(=O)O)cc2)c2ccc(F)cc2)ccc2cc[nH]c12. The van der Waals surface area contributed by atoms with E-state index >= 15 is 0 Å². The smallest absolute Gasteiger partial charge is 0.303 e. The van der Waals surface area contributed by atoms with Crippen molar-refractivity contribution < 1.29 is 19.0 Å². The van der Waals surface area contributed by atoms with E-state index in [1.807, 2.05) is 55.6 Å². The third-order valence-corrected chi connectivity index (χ3v) is 5.29. The van der Waals surface area contributed by atoms with Crippen LogP contribution in [0.15, 0.2) is 72.9 Å². The lowest BCUT2D eigenvalue weighted by molar-refractivity contribution is -0.136. The summed E-state index contributed by atoms with van der Waals surface area (Å²) in [6, 6.07) is 19.9. The zero-order chi connectivity index (χ0) is 21.1. The van der Waals surface area contributed by atoms with Gasteiger partial charge in [-0.3, -0.25) is 4.79 Å². The average molecular weight is 403 g/mol. The van der Waals surface area contributed by atoms with Gasteiger partial charge < -0.3 is 14.8 Å². The topological polar surface area (TPSA) is 62.3 Å². The molecule has 0 saturated heterocycles. The Morgan fingerprint density at radius 2 is 1.77 bits per heavy atom. The van der Waals surface area contributed by atoms with Crippen LogP contribution in [0.2, 0.25) is 0 Å². The zero-order valence-electron chi connectivity index (χ0n) is 16.6. The summed E-state index contributed by atoms with van der Waals surface area (Å²) in [5.74, 6) is -0.451. The van der Waals surface area contributed by atoms with E-state index in [9.17, 15) is 9.18 Å². The van der Waals surface area contributed by atoms with Crippen molar-refractivity contribution >= 4 is 16.9 Å². The van der Waals surface area contributed by atoms with Gasteiger partial charge in [-0.15, -0.1) is 0 Å². The van der Waals surface area contributed by atoms with E-state index in [0.717, 1.165) is 33.2 Å². The Morgan fingerprint density at radius 3 is 2.47 bits per heavy atom. The van der Waals surface area contributed by atoms with Crippen molar-refractivity contribution in [2.24, 2.45) is 0 Å². The molecular weight excluding hydrogens is 381 g/mol. The van der Waals surface area contributed by atoms with Crippen LogP contribution in [0.25, 0.3) is 10.9 Å². The molecule has 30 heavy (non-hydrogen) atoms. The van der Waals surface area contributed by atoms with Gasteiger partial charge in [-0.2, -0.15) is 0 Å². The molecule has 0 spiro atoms. The normalized spacial score (nSPS) is 12.1. The van der Waals surface area contributed by atoms with Gasteiger partial charge in [0.05, 0.1) is 0 Å². The minimum Gasteiger partial charge on any atom is -0.481 e. The van der Waals surface area contributed by atoms with Crippen molar-refractivity contribution in [3.05, 3.63) is 101 Å². The van der Waals surface area contributed by atoms with Gasteiger partial charge in [-0.05, 0) is 65.8 Å². The molecule has 1 aromatic heterocycles. The number of carbonyl (C=O) groups is 1. The molecule has 1 unspecified atom stereocenters. The quantitative estimate of drug-likeness (QED) is 0.410. The monoisotopic (exact) mass is 403 g/mol. The van der Waals surface area contributed by atoms with Crippen LogP contribution < -0.4 is 4.74 Å². The van der Waals surface area contributed by atoms with Gasteiger partial charge in [0.1, 0.15) is 17.7 Å². The Hall–Kier alpha value is -3.60. The largest absolute Gasteiger partial charge is 0.481 e. The summed E-state index contributed by atoms with van der Waals surface area (Å²) in [5, 5.41) is 9.97. The number of hydrogen-bond acceptors (Lipinski definition) is 2. The summed E-state index contributed by atoms with van der Waals surface area (Å²) in [5.41, 5.74) is 4.90. The molecule has 0 aliphatic rings. The number of fused-ring (bicyclic) bond motifs is 1. The molecule has 4 rings (SSSR count). The lowest BCUT2D eigenvalue weighted by atomic mass is 9.95. The Kier molecular flexibility index (Phi) is 5.53. The predicted octanol–water partition coefficient (Wildman–Crippen LogP) is 5.80. The van der Waals surface area contributed by atoms with Crippen molar-refractivity contribution in [1.29, 1.82) is 0 Å². The van der Waals surface area contributed by atoms with Gasteiger partial charge in [0.15, 0.2) is 0 Å². The minimum absolute atomic E-state index is 0.0910. The van der Waals surface area contributed by atoms with E-state index in [0.29, 0.717) is 12.2 Å². The van der Waals surface area contributed by atoms with Crippen molar-refractivity contribution in [3.8, 4) is 5.75 Å². The number of halogens is 1. The van der Waals surface area contributed by atoms with E-state index in [-0.39, 0.29) is 12.2 Å². The molecule has 0 fully saturated rings. The molecule has 4 nitrogen and oxygen atoms in total. The Bertz CT molecular complexity index is 1160. The van der Waals surface area contributed by atoms with Gasteiger partial charge in [0.2, 0.25) is 0 Å². The maximum Gasteiger partial charge on any atom is 0.303 e.